The summed E-state index contributed by atoms with van der Waals surface area (Å²) in [5, 5.41) is 0. The van der Waals surface area contributed by atoms with Gasteiger partial charge in [-0.1, -0.05) is 12.7 Å². The lowest BCUT2D eigenvalue weighted by Crippen LogP contribution is -2.34. The maximum atomic E-state index is 11.4. The number of alkyl halides is 1. The van der Waals surface area contributed by atoms with Gasteiger partial charge in [-0.2, -0.15) is 0 Å². The number of hydrogen-bond acceptors (Lipinski definition) is 2. The zero-order chi connectivity index (χ0) is 10.5. The highest BCUT2D eigenvalue weighted by Crippen LogP contribution is 2.29. The van der Waals surface area contributed by atoms with Crippen molar-refractivity contribution < 1.29 is 9.53 Å². The fourth-order valence-electron chi connectivity index (χ4n) is 0.876. The molecule has 0 rings (SSSR count). The SMILES string of the molecule is C=CCC(Cl)(C(=C)C)C(=O)OCC. The number of halogens is 1. The van der Waals surface area contributed by atoms with Crippen molar-refractivity contribution in [2.24, 2.45) is 0 Å². The zero-order valence-electron chi connectivity index (χ0n) is 8.10. The highest BCUT2D eigenvalue weighted by atomic mass is 35.5. The molecule has 0 aliphatic rings. The molecule has 0 heterocycles. The van der Waals surface area contributed by atoms with Gasteiger partial charge in [0.1, 0.15) is 0 Å². The number of esters is 1. The van der Waals surface area contributed by atoms with Crippen LogP contribution in [-0.2, 0) is 9.53 Å². The third-order valence-corrected chi connectivity index (χ3v) is 2.33. The first kappa shape index (κ1) is 12.2. The summed E-state index contributed by atoms with van der Waals surface area (Å²) in [7, 11) is 0. The Kier molecular flexibility index (Phi) is 4.78. The second-order valence-corrected chi connectivity index (χ2v) is 3.44. The van der Waals surface area contributed by atoms with Crippen LogP contribution in [0.5, 0.6) is 0 Å². The van der Waals surface area contributed by atoms with Gasteiger partial charge in [0.25, 0.3) is 0 Å². The normalized spacial score (nSPS) is 14.4. The Bertz CT molecular complexity index is 223. The van der Waals surface area contributed by atoms with Crippen molar-refractivity contribution in [2.75, 3.05) is 6.61 Å². The Balaban J connectivity index is 4.67. The highest BCUT2D eigenvalue weighted by molar-refractivity contribution is 6.36. The molecule has 0 spiro atoms. The minimum Gasteiger partial charge on any atom is -0.464 e. The summed E-state index contributed by atoms with van der Waals surface area (Å²) in [4.78, 5) is 10.3. The van der Waals surface area contributed by atoms with Crippen molar-refractivity contribution in [1.29, 1.82) is 0 Å². The molecule has 0 aliphatic heterocycles. The molecule has 3 heteroatoms. The van der Waals surface area contributed by atoms with E-state index < -0.39 is 10.8 Å². The predicted octanol–water partition coefficient (Wildman–Crippen LogP) is 2.68. The van der Waals surface area contributed by atoms with E-state index in [1.807, 2.05) is 0 Å². The van der Waals surface area contributed by atoms with Crippen LogP contribution in [0, 0.1) is 0 Å². The number of rotatable bonds is 5. The Morgan fingerprint density at radius 2 is 2.23 bits per heavy atom. The van der Waals surface area contributed by atoms with Gasteiger partial charge in [-0.25, -0.2) is 4.79 Å². The Morgan fingerprint density at radius 3 is 2.54 bits per heavy atom. The Labute approximate surface area is 84.2 Å². The minimum atomic E-state index is -1.14. The Hall–Kier alpha value is -0.760. The monoisotopic (exact) mass is 202 g/mol. The molecule has 74 valence electrons. The lowest BCUT2D eigenvalue weighted by atomic mass is 9.97. The highest BCUT2D eigenvalue weighted by Gasteiger charge is 2.37. The van der Waals surface area contributed by atoms with Crippen LogP contribution in [0.1, 0.15) is 20.3 Å². The third kappa shape index (κ3) is 2.88. The van der Waals surface area contributed by atoms with Gasteiger partial charge >= 0.3 is 5.97 Å². The van der Waals surface area contributed by atoms with Crippen LogP contribution in [0.25, 0.3) is 0 Å². The van der Waals surface area contributed by atoms with E-state index in [9.17, 15) is 4.79 Å². The van der Waals surface area contributed by atoms with Gasteiger partial charge < -0.3 is 4.74 Å². The van der Waals surface area contributed by atoms with E-state index in [1.54, 1.807) is 19.9 Å². The van der Waals surface area contributed by atoms with Crippen LogP contribution in [0.2, 0.25) is 0 Å². The molecule has 0 amide bonds. The van der Waals surface area contributed by atoms with Crippen LogP contribution < -0.4 is 0 Å². The number of allylic oxidation sites excluding steroid dienone is 1. The second kappa shape index (κ2) is 5.07. The van der Waals surface area contributed by atoms with Crippen molar-refractivity contribution in [2.45, 2.75) is 25.1 Å². The average Bonchev–Trinajstić information content (AvgIpc) is 2.04. The fraction of sp³-hybridized carbons (Fsp3) is 0.500. The van der Waals surface area contributed by atoms with E-state index >= 15 is 0 Å². The largest absolute Gasteiger partial charge is 0.464 e. The van der Waals surface area contributed by atoms with E-state index in [1.165, 1.54) is 0 Å². The summed E-state index contributed by atoms with van der Waals surface area (Å²) < 4.78 is 4.84. The number of carbonyl (C=O) groups excluding carboxylic acids is 1. The van der Waals surface area contributed by atoms with Gasteiger partial charge in [-0.3, -0.25) is 0 Å². The molecule has 0 N–H and O–H groups in total. The van der Waals surface area contributed by atoms with Crippen molar-refractivity contribution in [3.8, 4) is 0 Å². The quantitative estimate of drug-likeness (QED) is 0.389. The van der Waals surface area contributed by atoms with Crippen LogP contribution >= 0.6 is 11.6 Å². The standard InChI is InChI=1S/C10H15ClO2/c1-5-7-10(11,8(3)4)9(12)13-6-2/h5H,1,3,6-7H2,2,4H3. The third-order valence-electron chi connectivity index (χ3n) is 1.70. The van der Waals surface area contributed by atoms with Crippen molar-refractivity contribution in [1.82, 2.24) is 0 Å². The predicted molar refractivity (Wildman–Crippen MR) is 54.8 cm³/mol. The summed E-state index contributed by atoms with van der Waals surface area (Å²) in [6.45, 7) is 11.0. The van der Waals surface area contributed by atoms with Gasteiger partial charge in [-0.05, 0) is 25.8 Å². The summed E-state index contributed by atoms with van der Waals surface area (Å²) in [6, 6.07) is 0. The smallest absolute Gasteiger partial charge is 0.331 e. The van der Waals surface area contributed by atoms with Crippen molar-refractivity contribution >= 4 is 17.6 Å². The maximum absolute atomic E-state index is 11.4. The molecule has 0 saturated heterocycles. The molecule has 0 aromatic rings. The number of ether oxygens (including phenoxy) is 1. The van der Waals surface area contributed by atoms with Gasteiger partial charge in [0, 0.05) is 0 Å². The molecule has 1 unspecified atom stereocenters. The molecule has 0 bridgehead atoms. The molecule has 1 atom stereocenters. The molecule has 0 radical (unpaired) electrons. The van der Waals surface area contributed by atoms with Gasteiger partial charge in [-0.15, -0.1) is 18.2 Å². The van der Waals surface area contributed by atoms with Crippen LogP contribution in [0.15, 0.2) is 24.8 Å². The minimum absolute atomic E-state index is 0.317. The van der Waals surface area contributed by atoms with Crippen molar-refractivity contribution in [3.63, 3.8) is 0 Å². The summed E-state index contributed by atoms with van der Waals surface area (Å²) in [6.07, 6.45) is 1.92. The van der Waals surface area contributed by atoms with Crippen LogP contribution in [0.4, 0.5) is 0 Å². The molecule has 0 saturated carbocycles. The van der Waals surface area contributed by atoms with E-state index in [-0.39, 0.29) is 0 Å². The first-order valence-corrected chi connectivity index (χ1v) is 4.49. The van der Waals surface area contributed by atoms with Crippen LogP contribution in [-0.4, -0.2) is 17.5 Å². The zero-order valence-corrected chi connectivity index (χ0v) is 8.86. The molecule has 0 aromatic heterocycles. The second-order valence-electron chi connectivity index (χ2n) is 2.79. The molecule has 0 fully saturated rings. The van der Waals surface area contributed by atoms with Crippen molar-refractivity contribution in [3.05, 3.63) is 24.8 Å². The number of carbonyl (C=O) groups is 1. The van der Waals surface area contributed by atoms with E-state index in [0.29, 0.717) is 18.6 Å². The summed E-state index contributed by atoms with van der Waals surface area (Å²) in [5.74, 6) is -0.455. The van der Waals surface area contributed by atoms with Crippen LogP contribution in [0.3, 0.4) is 0 Å². The maximum Gasteiger partial charge on any atom is 0.331 e. The average molecular weight is 203 g/mol. The fourth-order valence-corrected chi connectivity index (χ4v) is 1.04. The number of hydrogen-bond donors (Lipinski definition) is 0. The van der Waals surface area contributed by atoms with E-state index in [2.05, 4.69) is 13.2 Å². The first-order chi connectivity index (χ1) is 5.99. The molecular weight excluding hydrogens is 188 g/mol. The summed E-state index contributed by atoms with van der Waals surface area (Å²) in [5.41, 5.74) is 0.576. The lowest BCUT2D eigenvalue weighted by Gasteiger charge is -2.23. The molecule has 0 aliphatic carbocycles. The molecular formula is C10H15ClO2. The molecule has 13 heavy (non-hydrogen) atoms. The molecule has 2 nitrogen and oxygen atoms in total. The van der Waals surface area contributed by atoms with Gasteiger partial charge in [0.15, 0.2) is 4.87 Å². The summed E-state index contributed by atoms with van der Waals surface area (Å²) >= 11 is 6.06. The lowest BCUT2D eigenvalue weighted by molar-refractivity contribution is -0.145. The van der Waals surface area contributed by atoms with E-state index in [0.717, 1.165) is 0 Å². The Morgan fingerprint density at radius 1 is 1.69 bits per heavy atom. The van der Waals surface area contributed by atoms with Gasteiger partial charge in [0.2, 0.25) is 0 Å². The first-order valence-electron chi connectivity index (χ1n) is 4.12. The van der Waals surface area contributed by atoms with Gasteiger partial charge in [0.05, 0.1) is 6.61 Å². The topological polar surface area (TPSA) is 26.3 Å². The van der Waals surface area contributed by atoms with E-state index in [4.69, 9.17) is 16.3 Å². The molecule has 0 aromatic carbocycles.